The van der Waals surface area contributed by atoms with E-state index in [1.54, 1.807) is 6.07 Å². The van der Waals surface area contributed by atoms with E-state index in [4.69, 9.17) is 0 Å². The van der Waals surface area contributed by atoms with Gasteiger partial charge in [-0.05, 0) is 23.8 Å². The van der Waals surface area contributed by atoms with Gasteiger partial charge in [0.25, 0.3) is 5.56 Å². The Bertz CT molecular complexity index is 669. The number of carbonyl (C=O) groups excluding carboxylic acids is 1. The number of rotatable bonds is 0. The number of pyridine rings is 1. The van der Waals surface area contributed by atoms with Crippen LogP contribution in [0.4, 0.5) is 0 Å². The van der Waals surface area contributed by atoms with E-state index in [1.165, 1.54) is 0 Å². The van der Waals surface area contributed by atoms with E-state index < -0.39 is 0 Å². The van der Waals surface area contributed by atoms with Crippen LogP contribution in [0.5, 0.6) is 0 Å². The van der Waals surface area contributed by atoms with Crippen molar-refractivity contribution in [3.05, 3.63) is 45.9 Å². The summed E-state index contributed by atoms with van der Waals surface area (Å²) >= 11 is 0. The van der Waals surface area contributed by atoms with Gasteiger partial charge in [-0.15, -0.1) is 0 Å². The number of aromatic amines is 1. The fourth-order valence-electron chi connectivity index (χ4n) is 2.64. The molecule has 0 fully saturated rings. The molecular formula is C14H13NO2. The smallest absolute Gasteiger partial charge is 0.256 e. The number of fused-ring (bicyclic) bond motifs is 3. The van der Waals surface area contributed by atoms with Gasteiger partial charge in [-0.3, -0.25) is 9.59 Å². The average Bonchev–Trinajstić information content (AvgIpc) is 2.28. The van der Waals surface area contributed by atoms with E-state index >= 15 is 0 Å². The zero-order valence-corrected chi connectivity index (χ0v) is 9.62. The standard InChI is InChI=1S/C14H13NO2/c1-8-6-11-13(12(16)7-8)9-4-2-3-5-10(9)14(17)15-11/h2-5,8H,6-7H2,1H3,(H,15,17). The molecule has 3 rings (SSSR count). The molecule has 3 heteroatoms. The normalized spacial score (nSPS) is 19.4. The number of nitrogens with one attached hydrogen (secondary N) is 1. The fourth-order valence-corrected chi connectivity index (χ4v) is 2.64. The fraction of sp³-hybridized carbons (Fsp3) is 0.286. The summed E-state index contributed by atoms with van der Waals surface area (Å²) in [6.07, 6.45) is 1.35. The number of carbonyl (C=O) groups is 1. The van der Waals surface area contributed by atoms with Gasteiger partial charge in [0.15, 0.2) is 5.78 Å². The van der Waals surface area contributed by atoms with Crippen LogP contribution in [0.25, 0.3) is 10.8 Å². The Hall–Kier alpha value is -1.90. The first-order valence-electron chi connectivity index (χ1n) is 5.84. The molecule has 0 spiro atoms. The van der Waals surface area contributed by atoms with Gasteiger partial charge in [-0.25, -0.2) is 0 Å². The Kier molecular flexibility index (Phi) is 2.15. The van der Waals surface area contributed by atoms with Crippen LogP contribution >= 0.6 is 0 Å². The van der Waals surface area contributed by atoms with Gasteiger partial charge >= 0.3 is 0 Å². The van der Waals surface area contributed by atoms with Crippen molar-refractivity contribution in [3.8, 4) is 0 Å². The van der Waals surface area contributed by atoms with Crippen molar-refractivity contribution in [3.63, 3.8) is 0 Å². The van der Waals surface area contributed by atoms with Crippen molar-refractivity contribution in [2.75, 3.05) is 0 Å². The van der Waals surface area contributed by atoms with Crippen molar-refractivity contribution in [2.45, 2.75) is 19.8 Å². The number of hydrogen-bond donors (Lipinski definition) is 1. The Balaban J connectivity index is 2.43. The number of benzene rings is 1. The zero-order valence-electron chi connectivity index (χ0n) is 9.62. The summed E-state index contributed by atoms with van der Waals surface area (Å²) in [5.74, 6) is 0.456. The molecule has 1 aromatic heterocycles. The van der Waals surface area contributed by atoms with E-state index in [1.807, 2.05) is 25.1 Å². The monoisotopic (exact) mass is 227 g/mol. The number of ketones is 1. The number of aromatic nitrogens is 1. The molecule has 0 saturated heterocycles. The summed E-state index contributed by atoms with van der Waals surface area (Å²) in [4.78, 5) is 26.9. The van der Waals surface area contributed by atoms with E-state index in [9.17, 15) is 9.59 Å². The lowest BCUT2D eigenvalue weighted by Gasteiger charge is -2.21. The second kappa shape index (κ2) is 3.55. The highest BCUT2D eigenvalue weighted by Crippen LogP contribution is 2.28. The SMILES string of the molecule is CC1CC(=O)c2c([nH]c(=O)c3ccccc23)C1. The maximum Gasteiger partial charge on any atom is 0.256 e. The second-order valence-electron chi connectivity index (χ2n) is 4.79. The van der Waals surface area contributed by atoms with Crippen molar-refractivity contribution in [1.82, 2.24) is 4.98 Å². The molecular weight excluding hydrogens is 214 g/mol. The van der Waals surface area contributed by atoms with E-state index in [-0.39, 0.29) is 11.3 Å². The van der Waals surface area contributed by atoms with Crippen LogP contribution in [0, 0.1) is 5.92 Å². The molecule has 3 nitrogen and oxygen atoms in total. The molecule has 1 unspecified atom stereocenters. The summed E-state index contributed by atoms with van der Waals surface area (Å²) in [7, 11) is 0. The van der Waals surface area contributed by atoms with Crippen molar-refractivity contribution in [1.29, 1.82) is 0 Å². The number of Topliss-reactive ketones (excluding diaryl/α,β-unsaturated/α-hetero) is 1. The molecule has 0 saturated carbocycles. The highest BCUT2D eigenvalue weighted by Gasteiger charge is 2.25. The topological polar surface area (TPSA) is 49.9 Å². The van der Waals surface area contributed by atoms with E-state index in [0.29, 0.717) is 17.7 Å². The van der Waals surface area contributed by atoms with Crippen molar-refractivity contribution in [2.24, 2.45) is 5.92 Å². The molecule has 1 aromatic carbocycles. The van der Waals surface area contributed by atoms with E-state index in [2.05, 4.69) is 4.98 Å². The Labute approximate surface area is 98.5 Å². The minimum absolute atomic E-state index is 0.0961. The van der Waals surface area contributed by atoms with Gasteiger partial charge < -0.3 is 4.98 Å². The molecule has 1 aliphatic carbocycles. The Morgan fingerprint density at radius 2 is 1.82 bits per heavy atom. The third kappa shape index (κ3) is 1.50. The first-order chi connectivity index (χ1) is 8.16. The lowest BCUT2D eigenvalue weighted by Crippen LogP contribution is -2.23. The lowest BCUT2D eigenvalue weighted by atomic mass is 9.85. The quantitative estimate of drug-likeness (QED) is 0.750. The summed E-state index contributed by atoms with van der Waals surface area (Å²) < 4.78 is 0. The van der Waals surface area contributed by atoms with Crippen molar-refractivity contribution < 1.29 is 4.79 Å². The Morgan fingerprint density at radius 3 is 2.59 bits per heavy atom. The summed E-state index contributed by atoms with van der Waals surface area (Å²) in [5, 5.41) is 1.40. The van der Waals surface area contributed by atoms with Crippen molar-refractivity contribution >= 4 is 16.6 Å². The largest absolute Gasteiger partial charge is 0.325 e. The Morgan fingerprint density at radius 1 is 1.12 bits per heavy atom. The maximum atomic E-state index is 12.1. The summed E-state index contributed by atoms with van der Waals surface area (Å²) in [6, 6.07) is 7.31. The third-order valence-corrected chi connectivity index (χ3v) is 3.37. The minimum atomic E-state index is -0.0961. The predicted octanol–water partition coefficient (Wildman–Crippen LogP) is 2.29. The van der Waals surface area contributed by atoms with Gasteiger partial charge in [0.05, 0.1) is 0 Å². The van der Waals surface area contributed by atoms with Crippen LogP contribution in [-0.4, -0.2) is 10.8 Å². The molecule has 1 N–H and O–H groups in total. The third-order valence-electron chi connectivity index (χ3n) is 3.37. The van der Waals surface area contributed by atoms with Gasteiger partial charge in [0.1, 0.15) is 0 Å². The van der Waals surface area contributed by atoms with Crippen LogP contribution in [0.1, 0.15) is 29.4 Å². The lowest BCUT2D eigenvalue weighted by molar-refractivity contribution is 0.0954. The second-order valence-corrected chi connectivity index (χ2v) is 4.79. The molecule has 1 atom stereocenters. The molecule has 1 heterocycles. The highest BCUT2D eigenvalue weighted by atomic mass is 16.1. The molecule has 0 amide bonds. The first kappa shape index (κ1) is 10.3. The number of H-pyrrole nitrogens is 1. The van der Waals surface area contributed by atoms with Gasteiger partial charge in [0.2, 0.25) is 0 Å². The molecule has 2 aromatic rings. The van der Waals surface area contributed by atoms with Gasteiger partial charge in [-0.2, -0.15) is 0 Å². The highest BCUT2D eigenvalue weighted by molar-refractivity contribution is 6.09. The van der Waals surface area contributed by atoms with Gasteiger partial charge in [0, 0.05) is 23.1 Å². The van der Waals surface area contributed by atoms with Crippen LogP contribution in [0.2, 0.25) is 0 Å². The van der Waals surface area contributed by atoms with Gasteiger partial charge in [-0.1, -0.05) is 25.1 Å². The zero-order chi connectivity index (χ0) is 12.0. The van der Waals surface area contributed by atoms with Crippen LogP contribution in [-0.2, 0) is 6.42 Å². The molecule has 0 aliphatic heterocycles. The summed E-state index contributed by atoms with van der Waals surface area (Å²) in [6.45, 7) is 2.04. The predicted molar refractivity (Wildman–Crippen MR) is 66.4 cm³/mol. The molecule has 17 heavy (non-hydrogen) atoms. The minimum Gasteiger partial charge on any atom is -0.325 e. The van der Waals surface area contributed by atoms with Crippen LogP contribution in [0.15, 0.2) is 29.1 Å². The molecule has 86 valence electrons. The van der Waals surface area contributed by atoms with Crippen LogP contribution in [0.3, 0.4) is 0 Å². The molecule has 0 radical (unpaired) electrons. The average molecular weight is 227 g/mol. The maximum absolute atomic E-state index is 12.1. The molecule has 1 aliphatic rings. The van der Waals surface area contributed by atoms with Crippen LogP contribution < -0.4 is 5.56 Å². The summed E-state index contributed by atoms with van der Waals surface area (Å²) in [5.41, 5.74) is 1.43. The first-order valence-corrected chi connectivity index (χ1v) is 5.84. The van der Waals surface area contributed by atoms with E-state index in [0.717, 1.165) is 23.1 Å². The number of hydrogen-bond acceptors (Lipinski definition) is 2. The molecule has 0 bridgehead atoms.